The van der Waals surface area contributed by atoms with Gasteiger partial charge in [0.25, 0.3) is 5.91 Å². The minimum absolute atomic E-state index is 0.206. The molecule has 30 heavy (non-hydrogen) atoms. The fourth-order valence-electron chi connectivity index (χ4n) is 3.60. The van der Waals surface area contributed by atoms with Crippen LogP contribution < -0.4 is 15.4 Å². The zero-order valence-corrected chi connectivity index (χ0v) is 18.5. The maximum Gasteiger partial charge on any atom is 0.255 e. The van der Waals surface area contributed by atoms with E-state index in [0.29, 0.717) is 29.6 Å². The van der Waals surface area contributed by atoms with Gasteiger partial charge in [-0.2, -0.15) is 10.1 Å². The number of anilines is 2. The number of carbonyl (C=O) groups is 1. The van der Waals surface area contributed by atoms with E-state index in [4.69, 9.17) is 4.74 Å². The number of allylic oxidation sites excluding steroid dienone is 1. The summed E-state index contributed by atoms with van der Waals surface area (Å²) >= 11 is 3.55. The summed E-state index contributed by atoms with van der Waals surface area (Å²) in [5.74, 6) is 1.07. The van der Waals surface area contributed by atoms with Gasteiger partial charge in [-0.05, 0) is 50.6 Å². The van der Waals surface area contributed by atoms with Crippen LogP contribution in [0.3, 0.4) is 0 Å². The van der Waals surface area contributed by atoms with Crippen LogP contribution in [0.25, 0.3) is 0 Å². The van der Waals surface area contributed by atoms with Crippen molar-refractivity contribution in [2.24, 2.45) is 0 Å². The van der Waals surface area contributed by atoms with E-state index in [1.807, 2.05) is 63.2 Å². The molecule has 1 aromatic heterocycles. The van der Waals surface area contributed by atoms with Crippen molar-refractivity contribution in [3.05, 3.63) is 75.7 Å². The van der Waals surface area contributed by atoms with Gasteiger partial charge in [-0.1, -0.05) is 34.1 Å². The molecular formula is C22H22BrN5O2. The van der Waals surface area contributed by atoms with Gasteiger partial charge >= 0.3 is 0 Å². The number of rotatable bonds is 5. The predicted molar refractivity (Wildman–Crippen MR) is 120 cm³/mol. The lowest BCUT2D eigenvalue weighted by Gasteiger charge is -2.30. The summed E-state index contributed by atoms with van der Waals surface area (Å²) < 4.78 is 8.48. The lowest BCUT2D eigenvalue weighted by atomic mass is 9.94. The largest absolute Gasteiger partial charge is 0.494 e. The summed E-state index contributed by atoms with van der Waals surface area (Å²) in [6.45, 7) is 6.28. The van der Waals surface area contributed by atoms with Gasteiger partial charge in [-0.25, -0.2) is 4.68 Å². The van der Waals surface area contributed by atoms with Crippen LogP contribution in [0.5, 0.6) is 5.75 Å². The van der Waals surface area contributed by atoms with E-state index in [2.05, 4.69) is 36.6 Å². The molecule has 1 aliphatic rings. The quantitative estimate of drug-likeness (QED) is 0.569. The molecular weight excluding hydrogens is 446 g/mol. The number of hydrogen-bond donors (Lipinski definition) is 2. The summed E-state index contributed by atoms with van der Waals surface area (Å²) in [7, 11) is 0. The summed E-state index contributed by atoms with van der Waals surface area (Å²) in [5.41, 5.74) is 3.85. The Morgan fingerprint density at radius 2 is 2.07 bits per heavy atom. The smallest absolute Gasteiger partial charge is 0.255 e. The van der Waals surface area contributed by atoms with Crippen LogP contribution in [0.1, 0.15) is 31.0 Å². The lowest BCUT2D eigenvalue weighted by Crippen LogP contribution is -2.32. The Morgan fingerprint density at radius 1 is 1.27 bits per heavy atom. The molecule has 0 saturated heterocycles. The van der Waals surface area contributed by atoms with E-state index >= 15 is 0 Å². The molecule has 154 valence electrons. The molecule has 0 saturated carbocycles. The number of benzene rings is 2. The van der Waals surface area contributed by atoms with E-state index in [1.54, 1.807) is 4.68 Å². The molecule has 4 rings (SSSR count). The number of hydrogen-bond acceptors (Lipinski definition) is 5. The van der Waals surface area contributed by atoms with Crippen molar-refractivity contribution in [3.8, 4) is 5.75 Å². The number of para-hydroxylation sites is 1. The van der Waals surface area contributed by atoms with Crippen molar-refractivity contribution in [2.75, 3.05) is 17.2 Å². The normalized spacial score (nSPS) is 15.4. The van der Waals surface area contributed by atoms with Crippen LogP contribution in [-0.2, 0) is 4.79 Å². The van der Waals surface area contributed by atoms with E-state index < -0.39 is 6.04 Å². The average molecular weight is 468 g/mol. The third-order valence-corrected chi connectivity index (χ3v) is 5.49. The van der Waals surface area contributed by atoms with Crippen LogP contribution in [-0.4, -0.2) is 27.3 Å². The van der Waals surface area contributed by atoms with Crippen LogP contribution in [0.4, 0.5) is 11.6 Å². The minimum atomic E-state index is -0.494. The first-order valence-electron chi connectivity index (χ1n) is 9.66. The Kier molecular flexibility index (Phi) is 5.59. The third-order valence-electron chi connectivity index (χ3n) is 5.00. The molecule has 2 heterocycles. The first-order valence-corrected chi connectivity index (χ1v) is 10.5. The van der Waals surface area contributed by atoms with Gasteiger partial charge < -0.3 is 15.4 Å². The Hall–Kier alpha value is -3.13. The summed E-state index contributed by atoms with van der Waals surface area (Å²) in [6.07, 6.45) is 1.48. The van der Waals surface area contributed by atoms with Crippen LogP contribution in [0.2, 0.25) is 0 Å². The predicted octanol–water partition coefficient (Wildman–Crippen LogP) is 4.68. The van der Waals surface area contributed by atoms with Gasteiger partial charge in [-0.3, -0.25) is 4.79 Å². The molecule has 2 N–H and O–H groups in total. The van der Waals surface area contributed by atoms with E-state index in [-0.39, 0.29) is 5.91 Å². The topological polar surface area (TPSA) is 81.1 Å². The van der Waals surface area contributed by atoms with Crippen molar-refractivity contribution in [3.63, 3.8) is 0 Å². The van der Waals surface area contributed by atoms with Gasteiger partial charge in [0.1, 0.15) is 18.1 Å². The highest BCUT2D eigenvalue weighted by Crippen LogP contribution is 2.40. The highest BCUT2D eigenvalue weighted by molar-refractivity contribution is 9.10. The fraction of sp³-hybridized carbons (Fsp3) is 0.227. The molecule has 8 heteroatoms. The number of aromatic nitrogens is 3. The summed E-state index contributed by atoms with van der Waals surface area (Å²) in [5, 5.41) is 10.6. The lowest BCUT2D eigenvalue weighted by molar-refractivity contribution is -0.113. The number of ether oxygens (including phenoxy) is 1. The molecule has 0 fully saturated rings. The van der Waals surface area contributed by atoms with Crippen LogP contribution in [0, 0.1) is 6.92 Å². The second-order valence-corrected chi connectivity index (χ2v) is 7.89. The Labute approximate surface area is 183 Å². The average Bonchev–Trinajstić information content (AvgIpc) is 3.18. The van der Waals surface area contributed by atoms with Crippen LogP contribution in [0.15, 0.2) is 64.5 Å². The Bertz CT molecular complexity index is 1140. The van der Waals surface area contributed by atoms with Gasteiger partial charge in [-0.15, -0.1) is 0 Å². The van der Waals surface area contributed by atoms with Gasteiger partial charge in [0.15, 0.2) is 0 Å². The van der Waals surface area contributed by atoms with E-state index in [0.717, 1.165) is 21.3 Å². The number of amides is 1. The maximum absolute atomic E-state index is 13.5. The highest BCUT2D eigenvalue weighted by atomic mass is 79.9. The highest BCUT2D eigenvalue weighted by Gasteiger charge is 2.35. The number of nitrogens with zero attached hydrogens (tertiary/aromatic N) is 3. The van der Waals surface area contributed by atoms with Crippen molar-refractivity contribution in [1.29, 1.82) is 0 Å². The Morgan fingerprint density at radius 3 is 2.83 bits per heavy atom. The van der Waals surface area contributed by atoms with Crippen molar-refractivity contribution in [2.45, 2.75) is 26.8 Å². The van der Waals surface area contributed by atoms with Crippen molar-refractivity contribution in [1.82, 2.24) is 14.8 Å². The second-order valence-electron chi connectivity index (χ2n) is 6.98. The molecule has 1 aliphatic heterocycles. The number of fused-ring (bicyclic) bond motifs is 1. The molecule has 3 aromatic rings. The van der Waals surface area contributed by atoms with E-state index in [9.17, 15) is 4.79 Å². The first kappa shape index (κ1) is 20.2. The minimum Gasteiger partial charge on any atom is -0.494 e. The number of nitrogens with one attached hydrogen (secondary N) is 2. The summed E-state index contributed by atoms with van der Waals surface area (Å²) in [6, 6.07) is 13.0. The SMILES string of the molecule is CCOc1ccc(Br)cc1C1C(C(=O)Nc2ccccc2C)=C(C)Nc2ncnn21. The zero-order valence-electron chi connectivity index (χ0n) is 16.9. The fourth-order valence-corrected chi connectivity index (χ4v) is 3.97. The molecule has 1 unspecified atom stereocenters. The number of halogens is 1. The third kappa shape index (κ3) is 3.70. The van der Waals surface area contributed by atoms with Gasteiger partial charge in [0.05, 0.1) is 12.2 Å². The maximum atomic E-state index is 13.5. The first-order chi connectivity index (χ1) is 14.5. The molecule has 0 bridgehead atoms. The molecule has 0 spiro atoms. The Balaban J connectivity index is 1.83. The van der Waals surface area contributed by atoms with Crippen LogP contribution >= 0.6 is 15.9 Å². The standard InChI is InChI=1S/C22H22BrN5O2/c1-4-30-18-10-9-15(23)11-16(18)20-19(14(3)26-22-24-12-25-28(20)22)21(29)27-17-8-6-5-7-13(17)2/h5-12,20H,4H2,1-3H3,(H,27,29)(H,24,25,26). The molecule has 2 aromatic carbocycles. The second kappa shape index (κ2) is 8.31. The molecule has 1 amide bonds. The van der Waals surface area contributed by atoms with Gasteiger partial charge in [0.2, 0.25) is 5.95 Å². The van der Waals surface area contributed by atoms with Gasteiger partial charge in [0, 0.05) is 21.4 Å². The monoisotopic (exact) mass is 467 g/mol. The molecule has 0 radical (unpaired) electrons. The molecule has 0 aliphatic carbocycles. The number of carbonyl (C=O) groups excluding carboxylic acids is 1. The van der Waals surface area contributed by atoms with Crippen molar-refractivity contribution >= 4 is 33.5 Å². The zero-order chi connectivity index (χ0) is 21.3. The summed E-state index contributed by atoms with van der Waals surface area (Å²) in [4.78, 5) is 17.8. The van der Waals surface area contributed by atoms with E-state index in [1.165, 1.54) is 6.33 Å². The molecule has 7 nitrogen and oxygen atoms in total. The van der Waals surface area contributed by atoms with Crippen molar-refractivity contribution < 1.29 is 9.53 Å². The number of aryl methyl sites for hydroxylation is 1. The molecule has 1 atom stereocenters.